The Morgan fingerprint density at radius 2 is 1.59 bits per heavy atom. The molecule has 1 amide bonds. The molecule has 2 aliphatic rings. The van der Waals surface area contributed by atoms with Crippen molar-refractivity contribution in [3.63, 3.8) is 0 Å². The number of aromatic nitrogens is 2. The Hall–Kier alpha value is -3.35. The van der Waals surface area contributed by atoms with Crippen LogP contribution >= 0.6 is 11.6 Å². The second kappa shape index (κ2) is 16.6. The third kappa shape index (κ3) is 11.0. The Balaban J connectivity index is 0.000000676. The van der Waals surface area contributed by atoms with Crippen molar-refractivity contribution in [3.05, 3.63) is 52.4 Å². The van der Waals surface area contributed by atoms with Crippen LogP contribution in [0.3, 0.4) is 0 Å². The number of nitriles is 1. The molecule has 15 heteroatoms. The van der Waals surface area contributed by atoms with E-state index in [1.807, 2.05) is 44.2 Å². The number of carbonyl (C=O) groups excluding carboxylic acids is 1. The lowest BCUT2D eigenvalue weighted by Crippen LogP contribution is -2.47. The van der Waals surface area contributed by atoms with E-state index in [2.05, 4.69) is 30.1 Å². The number of nitrogens with one attached hydrogen (secondary N) is 1. The number of benzene rings is 1. The summed E-state index contributed by atoms with van der Waals surface area (Å²) in [5, 5.41) is 17.8. The molecule has 1 aromatic heterocycles. The first-order valence-corrected chi connectivity index (χ1v) is 14.8. The second-order valence-electron chi connectivity index (χ2n) is 11.0. The van der Waals surface area contributed by atoms with Crippen LogP contribution in [0.1, 0.15) is 48.4 Å². The van der Waals surface area contributed by atoms with Crippen molar-refractivity contribution >= 4 is 29.3 Å². The number of alkyl halides is 3. The van der Waals surface area contributed by atoms with E-state index in [4.69, 9.17) is 21.5 Å². The molecule has 240 valence electrons. The van der Waals surface area contributed by atoms with Gasteiger partial charge in [-0.25, -0.2) is 20.2 Å². The topological polar surface area (TPSA) is 129 Å². The molecular weight excluding hydrogens is 601 g/mol. The zero-order chi connectivity index (χ0) is 32.3. The SMILES string of the molecule is CC(C)CNN(C(=O)c1ccc(CN2CCN(CCN3CCCC3)CC2)cc1)c1nc(C#N)ncc1Cl.O=C(O)C(F)(F)F. The maximum atomic E-state index is 13.4. The normalized spacial score (nSPS) is 16.3. The Morgan fingerprint density at radius 1 is 1.05 bits per heavy atom. The van der Waals surface area contributed by atoms with Crippen LogP contribution in [0.4, 0.5) is 19.0 Å². The number of carboxylic acid groups (broad SMARTS) is 1. The number of amides is 1. The predicted octanol–water partition coefficient (Wildman–Crippen LogP) is 3.66. The van der Waals surface area contributed by atoms with Gasteiger partial charge < -0.3 is 10.0 Å². The molecule has 0 bridgehead atoms. The molecule has 0 unspecified atom stereocenters. The predicted molar refractivity (Wildman–Crippen MR) is 159 cm³/mol. The van der Waals surface area contributed by atoms with Crippen molar-refractivity contribution in [2.24, 2.45) is 5.92 Å². The molecule has 0 radical (unpaired) electrons. The van der Waals surface area contributed by atoms with Gasteiger partial charge in [-0.05, 0) is 49.5 Å². The van der Waals surface area contributed by atoms with Gasteiger partial charge in [-0.1, -0.05) is 37.6 Å². The lowest BCUT2D eigenvalue weighted by Gasteiger charge is -2.35. The average molecular weight is 639 g/mol. The fourth-order valence-electron chi connectivity index (χ4n) is 4.69. The summed E-state index contributed by atoms with van der Waals surface area (Å²) in [6.07, 6.45) is -1.04. The van der Waals surface area contributed by atoms with E-state index >= 15 is 0 Å². The highest BCUT2D eigenvalue weighted by Gasteiger charge is 2.38. The largest absolute Gasteiger partial charge is 0.490 e. The van der Waals surface area contributed by atoms with Crippen LogP contribution in [-0.4, -0.2) is 107 Å². The van der Waals surface area contributed by atoms with Gasteiger partial charge in [-0.3, -0.25) is 14.6 Å². The highest BCUT2D eigenvalue weighted by molar-refractivity contribution is 6.33. The van der Waals surface area contributed by atoms with Crippen LogP contribution in [0.2, 0.25) is 5.02 Å². The number of piperazine rings is 1. The quantitative estimate of drug-likeness (QED) is 0.372. The first-order valence-electron chi connectivity index (χ1n) is 14.4. The van der Waals surface area contributed by atoms with Gasteiger partial charge in [0.1, 0.15) is 11.1 Å². The fraction of sp³-hybridized carbons (Fsp3) is 0.552. The molecule has 2 N–H and O–H groups in total. The summed E-state index contributed by atoms with van der Waals surface area (Å²) >= 11 is 6.31. The maximum Gasteiger partial charge on any atom is 0.490 e. The molecule has 0 atom stereocenters. The number of hydrogen-bond donors (Lipinski definition) is 2. The molecule has 3 heterocycles. The summed E-state index contributed by atoms with van der Waals surface area (Å²) in [6.45, 7) is 14.7. The smallest absolute Gasteiger partial charge is 0.475 e. The fourth-order valence-corrected chi connectivity index (χ4v) is 4.86. The molecule has 0 saturated carbocycles. The molecule has 2 aliphatic heterocycles. The lowest BCUT2D eigenvalue weighted by atomic mass is 10.1. The first kappa shape index (κ1) is 35.1. The van der Waals surface area contributed by atoms with Crippen LogP contribution < -0.4 is 10.4 Å². The van der Waals surface area contributed by atoms with Crippen LogP contribution in [-0.2, 0) is 11.3 Å². The highest BCUT2D eigenvalue weighted by Crippen LogP contribution is 2.23. The molecule has 2 saturated heterocycles. The standard InChI is InChI=1S/C27H37ClN8O.C2HF3O2/c1-21(2)18-31-36(26-24(28)19-30-25(17-29)32-26)27(37)23-7-5-22(6-8-23)20-35-15-13-34(14-16-35)12-11-33-9-3-4-10-33;3-2(4,5)1(6)7/h5-8,19,21,31H,3-4,9-16,18,20H2,1-2H3;(H,6,7). The number of hydrazine groups is 1. The molecule has 44 heavy (non-hydrogen) atoms. The van der Waals surface area contributed by atoms with E-state index in [0.717, 1.165) is 39.3 Å². The van der Waals surface area contributed by atoms with Crippen molar-refractivity contribution in [2.45, 2.75) is 39.4 Å². The van der Waals surface area contributed by atoms with Gasteiger partial charge in [0.25, 0.3) is 5.91 Å². The maximum absolute atomic E-state index is 13.4. The number of rotatable bonds is 10. The van der Waals surface area contributed by atoms with Gasteiger partial charge >= 0.3 is 12.1 Å². The minimum atomic E-state index is -5.08. The zero-order valence-corrected chi connectivity index (χ0v) is 25.6. The summed E-state index contributed by atoms with van der Waals surface area (Å²) in [6, 6.07) is 9.61. The molecule has 4 rings (SSSR count). The van der Waals surface area contributed by atoms with Gasteiger partial charge in [0, 0.05) is 57.9 Å². The van der Waals surface area contributed by atoms with Crippen molar-refractivity contribution in [3.8, 4) is 6.07 Å². The molecule has 11 nitrogen and oxygen atoms in total. The Morgan fingerprint density at radius 3 is 2.11 bits per heavy atom. The molecule has 0 spiro atoms. The van der Waals surface area contributed by atoms with Gasteiger partial charge in [-0.2, -0.15) is 23.4 Å². The van der Waals surface area contributed by atoms with E-state index in [0.29, 0.717) is 12.1 Å². The molecule has 0 aliphatic carbocycles. The van der Waals surface area contributed by atoms with Crippen LogP contribution in [0.15, 0.2) is 30.5 Å². The summed E-state index contributed by atoms with van der Waals surface area (Å²) in [5.74, 6) is -2.63. The summed E-state index contributed by atoms with van der Waals surface area (Å²) in [4.78, 5) is 38.0. The monoisotopic (exact) mass is 638 g/mol. The number of hydrogen-bond acceptors (Lipinski definition) is 9. The van der Waals surface area contributed by atoms with E-state index < -0.39 is 12.1 Å². The number of carbonyl (C=O) groups is 2. The number of anilines is 1. The van der Waals surface area contributed by atoms with Gasteiger partial charge in [0.05, 0.1) is 6.20 Å². The van der Waals surface area contributed by atoms with Crippen molar-refractivity contribution in [2.75, 3.05) is 63.9 Å². The van der Waals surface area contributed by atoms with Crippen molar-refractivity contribution in [1.29, 1.82) is 5.26 Å². The van der Waals surface area contributed by atoms with E-state index in [9.17, 15) is 23.2 Å². The third-order valence-electron chi connectivity index (χ3n) is 7.14. The van der Waals surface area contributed by atoms with Crippen molar-refractivity contribution < 1.29 is 27.9 Å². The Labute approximate surface area is 260 Å². The summed E-state index contributed by atoms with van der Waals surface area (Å²) in [5.41, 5.74) is 4.81. The minimum absolute atomic E-state index is 0.0463. The first-order chi connectivity index (χ1) is 20.9. The number of halogens is 4. The van der Waals surface area contributed by atoms with Crippen molar-refractivity contribution in [1.82, 2.24) is 30.1 Å². The Kier molecular flexibility index (Phi) is 13.3. The number of likely N-dealkylation sites (tertiary alicyclic amines) is 1. The van der Waals surface area contributed by atoms with Gasteiger partial charge in [-0.15, -0.1) is 0 Å². The molecular formula is C29H38ClF3N8O3. The molecule has 2 fully saturated rings. The third-order valence-corrected chi connectivity index (χ3v) is 7.41. The van der Waals surface area contributed by atoms with Crippen LogP contribution in [0.25, 0.3) is 0 Å². The minimum Gasteiger partial charge on any atom is -0.475 e. The average Bonchev–Trinajstić information content (AvgIpc) is 3.51. The number of aliphatic carboxylic acids is 1. The van der Waals surface area contributed by atoms with Crippen LogP contribution in [0, 0.1) is 17.2 Å². The van der Waals surface area contributed by atoms with E-state index in [-0.39, 0.29) is 28.5 Å². The zero-order valence-electron chi connectivity index (χ0n) is 24.9. The summed E-state index contributed by atoms with van der Waals surface area (Å²) in [7, 11) is 0. The highest BCUT2D eigenvalue weighted by atomic mass is 35.5. The molecule has 2 aromatic rings. The van der Waals surface area contributed by atoms with Gasteiger partial charge in [0.15, 0.2) is 5.82 Å². The van der Waals surface area contributed by atoms with Crippen LogP contribution in [0.5, 0.6) is 0 Å². The van der Waals surface area contributed by atoms with E-state index in [1.54, 1.807) is 0 Å². The number of carboxylic acids is 1. The van der Waals surface area contributed by atoms with Gasteiger partial charge in [0.2, 0.25) is 5.82 Å². The molecule has 1 aromatic carbocycles. The number of nitrogens with zero attached hydrogens (tertiary/aromatic N) is 7. The second-order valence-corrected chi connectivity index (χ2v) is 11.4. The van der Waals surface area contributed by atoms with E-state index in [1.165, 1.54) is 49.2 Å². The summed E-state index contributed by atoms with van der Waals surface area (Å²) < 4.78 is 31.7. The lowest BCUT2D eigenvalue weighted by molar-refractivity contribution is -0.192. The Bertz CT molecular complexity index is 1280.